The van der Waals surface area contributed by atoms with Crippen LogP contribution in [-0.4, -0.2) is 43.4 Å². The summed E-state index contributed by atoms with van der Waals surface area (Å²) in [6, 6.07) is 5.22. The second kappa shape index (κ2) is 5.14. The molecule has 0 aromatic carbocycles. The summed E-state index contributed by atoms with van der Waals surface area (Å²) in [5.41, 5.74) is -0.266. The number of aromatic nitrogens is 1. The topological polar surface area (TPSA) is 77.3 Å². The summed E-state index contributed by atoms with van der Waals surface area (Å²) in [6.07, 6.45) is 3.37. The van der Waals surface area contributed by atoms with Crippen LogP contribution in [0.25, 0.3) is 0 Å². The summed E-state index contributed by atoms with van der Waals surface area (Å²) in [7, 11) is 1.53. The fraction of sp³-hybridized carbons (Fsp3) is 0.500. The van der Waals surface area contributed by atoms with Gasteiger partial charge in [-0.15, -0.1) is 25.3 Å². The minimum Gasteiger partial charge on any atom is -0.320 e. The van der Waals surface area contributed by atoms with Gasteiger partial charge in [-0.05, 0) is 25.5 Å². The minimum atomic E-state index is -1.38. The molecule has 2 aliphatic rings. The lowest BCUT2D eigenvalue weighted by Gasteiger charge is -2.50. The second-order valence-electron chi connectivity index (χ2n) is 6.77. The molecule has 1 aromatic heterocycles. The van der Waals surface area contributed by atoms with Crippen molar-refractivity contribution in [1.82, 2.24) is 14.8 Å². The maximum absolute atomic E-state index is 13.2. The molecule has 1 aromatic rings. The number of carbonyl (C=O) groups excluding carboxylic acids is 2. The number of hydrogen-bond donors (Lipinski definition) is 2. The van der Waals surface area contributed by atoms with Crippen molar-refractivity contribution in [2.45, 2.75) is 36.1 Å². The molecule has 2 amide bonds. The standard InChI is InChI=1S/C16H18N4O2S2/c1-14(9-17)8-16(24)13(22)19(3)15(2,23)12(21)20(16)11(14)10-5-4-6-18-7-10/h4-7,11,23-24H,8H2,1-3H3/t11?,14-,15?,16+/m1/s1. The van der Waals surface area contributed by atoms with E-state index in [1.807, 2.05) is 0 Å². The number of carbonyl (C=O) groups is 2. The maximum atomic E-state index is 13.2. The van der Waals surface area contributed by atoms with Crippen molar-refractivity contribution in [3.63, 3.8) is 0 Å². The average molecular weight is 362 g/mol. The van der Waals surface area contributed by atoms with Gasteiger partial charge in [-0.25, -0.2) is 0 Å². The van der Waals surface area contributed by atoms with Crippen molar-refractivity contribution in [3.05, 3.63) is 30.1 Å². The monoisotopic (exact) mass is 362 g/mol. The van der Waals surface area contributed by atoms with Gasteiger partial charge < -0.3 is 9.80 Å². The molecule has 0 aliphatic carbocycles. The SMILES string of the molecule is CN1C(=O)[C@@]2(S)C[C@](C)(C#N)C(c3cccnc3)N2C(=O)C1(C)S. The molecular weight excluding hydrogens is 344 g/mol. The number of rotatable bonds is 1. The number of thiol groups is 2. The quantitative estimate of drug-likeness (QED) is 0.745. The zero-order chi connectivity index (χ0) is 17.9. The smallest absolute Gasteiger partial charge is 0.260 e. The van der Waals surface area contributed by atoms with E-state index in [9.17, 15) is 14.9 Å². The van der Waals surface area contributed by atoms with Crippen LogP contribution in [0.5, 0.6) is 0 Å². The number of amides is 2. The van der Waals surface area contributed by atoms with E-state index in [2.05, 4.69) is 36.3 Å². The van der Waals surface area contributed by atoms with Crippen LogP contribution in [0.4, 0.5) is 0 Å². The van der Waals surface area contributed by atoms with Crippen molar-refractivity contribution in [1.29, 1.82) is 5.26 Å². The largest absolute Gasteiger partial charge is 0.320 e. The van der Waals surface area contributed by atoms with Gasteiger partial charge in [0, 0.05) is 25.9 Å². The van der Waals surface area contributed by atoms with Crippen LogP contribution in [0.2, 0.25) is 0 Å². The summed E-state index contributed by atoms with van der Waals surface area (Å²) in [5.74, 6) is -0.688. The first-order chi connectivity index (χ1) is 11.1. The van der Waals surface area contributed by atoms with Gasteiger partial charge in [0.15, 0.2) is 9.74 Å². The van der Waals surface area contributed by atoms with Crippen LogP contribution in [-0.2, 0) is 9.59 Å². The van der Waals surface area contributed by atoms with Crippen molar-refractivity contribution in [2.24, 2.45) is 5.41 Å². The molecule has 2 saturated heterocycles. The van der Waals surface area contributed by atoms with E-state index in [0.29, 0.717) is 5.56 Å². The molecular formula is C16H18N4O2S2. The van der Waals surface area contributed by atoms with Gasteiger partial charge >= 0.3 is 0 Å². The Balaban J connectivity index is 2.24. The number of fused-ring (bicyclic) bond motifs is 1. The van der Waals surface area contributed by atoms with Crippen LogP contribution in [0.15, 0.2) is 24.5 Å². The first-order valence-corrected chi connectivity index (χ1v) is 8.37. The van der Waals surface area contributed by atoms with Crippen molar-refractivity contribution < 1.29 is 9.59 Å². The van der Waals surface area contributed by atoms with Gasteiger partial charge in [0.05, 0.1) is 17.5 Å². The number of nitrogens with zero attached hydrogens (tertiary/aromatic N) is 4. The lowest BCUT2D eigenvalue weighted by Crippen LogP contribution is -2.69. The van der Waals surface area contributed by atoms with Gasteiger partial charge in [-0.1, -0.05) is 6.07 Å². The Morgan fingerprint density at radius 3 is 2.54 bits per heavy atom. The zero-order valence-corrected chi connectivity index (χ0v) is 15.4. The van der Waals surface area contributed by atoms with E-state index in [1.165, 1.54) is 16.8 Å². The first kappa shape index (κ1) is 17.1. The van der Waals surface area contributed by atoms with E-state index >= 15 is 0 Å². The number of piperazine rings is 1. The third kappa shape index (κ3) is 2.01. The van der Waals surface area contributed by atoms with Gasteiger partial charge in [-0.2, -0.15) is 5.26 Å². The predicted molar refractivity (Wildman–Crippen MR) is 94.0 cm³/mol. The lowest BCUT2D eigenvalue weighted by atomic mass is 9.80. The summed E-state index contributed by atoms with van der Waals surface area (Å²) < 4.78 is 0. The summed E-state index contributed by atoms with van der Waals surface area (Å²) in [5, 5.41) is 9.80. The molecule has 8 heteroatoms. The molecule has 2 aliphatic heterocycles. The fourth-order valence-corrected chi connectivity index (χ4v) is 4.53. The van der Waals surface area contributed by atoms with Crippen molar-refractivity contribution in [3.8, 4) is 6.07 Å². The molecule has 2 fully saturated rings. The average Bonchev–Trinajstić information content (AvgIpc) is 2.81. The van der Waals surface area contributed by atoms with Crippen LogP contribution in [0.1, 0.15) is 31.9 Å². The highest BCUT2D eigenvalue weighted by Gasteiger charge is 2.68. The van der Waals surface area contributed by atoms with Crippen molar-refractivity contribution >= 4 is 37.1 Å². The Morgan fingerprint density at radius 2 is 2.00 bits per heavy atom. The lowest BCUT2D eigenvalue weighted by molar-refractivity contribution is -0.163. The third-order valence-corrected chi connectivity index (χ3v) is 6.11. The Labute approximate surface area is 151 Å². The highest BCUT2D eigenvalue weighted by Crippen LogP contribution is 2.59. The Kier molecular flexibility index (Phi) is 3.66. The molecule has 0 saturated carbocycles. The van der Waals surface area contributed by atoms with Crippen LogP contribution in [0, 0.1) is 16.7 Å². The second-order valence-corrected chi connectivity index (χ2v) is 8.38. The minimum absolute atomic E-state index is 0.137. The molecule has 24 heavy (non-hydrogen) atoms. The fourth-order valence-electron chi connectivity index (χ4n) is 3.65. The van der Waals surface area contributed by atoms with E-state index in [-0.39, 0.29) is 18.2 Å². The summed E-state index contributed by atoms with van der Waals surface area (Å²) in [4.78, 5) is 30.2. The van der Waals surface area contributed by atoms with E-state index in [1.54, 1.807) is 38.4 Å². The van der Waals surface area contributed by atoms with Crippen LogP contribution >= 0.6 is 25.3 Å². The summed E-state index contributed by atoms with van der Waals surface area (Å²) >= 11 is 8.99. The highest BCUT2D eigenvalue weighted by molar-refractivity contribution is 7.83. The molecule has 3 rings (SSSR count). The molecule has 0 N–H and O–H groups in total. The molecule has 2 unspecified atom stereocenters. The van der Waals surface area contributed by atoms with E-state index in [0.717, 1.165) is 0 Å². The predicted octanol–water partition coefficient (Wildman–Crippen LogP) is 1.63. The maximum Gasteiger partial charge on any atom is 0.260 e. The molecule has 0 spiro atoms. The summed E-state index contributed by atoms with van der Waals surface area (Å²) in [6.45, 7) is 3.32. The van der Waals surface area contributed by atoms with E-state index < -0.39 is 21.2 Å². The van der Waals surface area contributed by atoms with E-state index in [4.69, 9.17) is 0 Å². The Morgan fingerprint density at radius 1 is 1.33 bits per heavy atom. The molecule has 126 valence electrons. The van der Waals surface area contributed by atoms with Gasteiger partial charge in [-0.3, -0.25) is 14.6 Å². The molecule has 6 nitrogen and oxygen atoms in total. The van der Waals surface area contributed by atoms with Gasteiger partial charge in [0.25, 0.3) is 11.8 Å². The Hall–Kier alpha value is -1.72. The number of hydrogen-bond acceptors (Lipinski definition) is 6. The van der Waals surface area contributed by atoms with Crippen molar-refractivity contribution in [2.75, 3.05) is 7.05 Å². The third-order valence-electron chi connectivity index (χ3n) is 5.05. The number of pyridine rings is 1. The molecule has 0 bridgehead atoms. The van der Waals surface area contributed by atoms with Gasteiger partial charge in [0.1, 0.15) is 0 Å². The molecule has 3 heterocycles. The molecule has 0 radical (unpaired) electrons. The first-order valence-electron chi connectivity index (χ1n) is 7.47. The number of nitriles is 1. The normalized spacial score (nSPS) is 38.9. The number of likely N-dealkylation sites (N-methyl/N-ethyl adjacent to an activating group) is 1. The highest BCUT2D eigenvalue weighted by atomic mass is 32.1. The molecule has 4 atom stereocenters. The Bertz CT molecular complexity index is 763. The van der Waals surface area contributed by atoms with Crippen LogP contribution < -0.4 is 0 Å². The van der Waals surface area contributed by atoms with Crippen LogP contribution in [0.3, 0.4) is 0 Å². The van der Waals surface area contributed by atoms with Gasteiger partial charge in [0.2, 0.25) is 0 Å². The zero-order valence-electron chi connectivity index (χ0n) is 13.6.